The highest BCUT2D eigenvalue weighted by molar-refractivity contribution is 5.81. The SMILES string of the molecule is CCC[C@H](N)C(=O)N(C)Cc1ccc(OC)c(OC)c1. The summed E-state index contributed by atoms with van der Waals surface area (Å²) >= 11 is 0. The number of nitrogens with two attached hydrogens (primary N) is 1. The molecule has 0 aliphatic carbocycles. The van der Waals surface area contributed by atoms with Crippen LogP contribution in [-0.2, 0) is 11.3 Å². The molecule has 0 radical (unpaired) electrons. The molecule has 112 valence electrons. The molecule has 5 nitrogen and oxygen atoms in total. The van der Waals surface area contributed by atoms with Crippen LogP contribution in [0.2, 0.25) is 0 Å². The largest absolute Gasteiger partial charge is 0.493 e. The van der Waals surface area contributed by atoms with E-state index in [0.717, 1.165) is 12.0 Å². The average Bonchev–Trinajstić information content (AvgIpc) is 2.46. The van der Waals surface area contributed by atoms with E-state index < -0.39 is 6.04 Å². The fourth-order valence-corrected chi connectivity index (χ4v) is 2.05. The van der Waals surface area contributed by atoms with Crippen LogP contribution in [0.3, 0.4) is 0 Å². The van der Waals surface area contributed by atoms with Crippen LogP contribution in [0.1, 0.15) is 25.3 Å². The van der Waals surface area contributed by atoms with E-state index in [1.165, 1.54) is 0 Å². The first-order chi connectivity index (χ1) is 9.53. The van der Waals surface area contributed by atoms with Crippen LogP contribution in [0.15, 0.2) is 18.2 Å². The molecule has 0 heterocycles. The minimum atomic E-state index is -0.426. The number of carbonyl (C=O) groups excluding carboxylic acids is 1. The van der Waals surface area contributed by atoms with Gasteiger partial charge >= 0.3 is 0 Å². The fourth-order valence-electron chi connectivity index (χ4n) is 2.05. The Morgan fingerprint density at radius 2 is 1.95 bits per heavy atom. The predicted molar refractivity (Wildman–Crippen MR) is 78.9 cm³/mol. The Morgan fingerprint density at radius 1 is 1.30 bits per heavy atom. The maximum atomic E-state index is 12.1. The molecule has 0 saturated heterocycles. The van der Waals surface area contributed by atoms with Crippen LogP contribution in [-0.4, -0.2) is 38.1 Å². The summed E-state index contributed by atoms with van der Waals surface area (Å²) in [7, 11) is 4.94. The molecular formula is C15H24N2O3. The van der Waals surface area contributed by atoms with Crippen molar-refractivity contribution in [3.8, 4) is 11.5 Å². The molecule has 0 aromatic heterocycles. The Hall–Kier alpha value is -1.75. The van der Waals surface area contributed by atoms with Gasteiger partial charge in [0.2, 0.25) is 5.91 Å². The molecule has 0 bridgehead atoms. The zero-order chi connectivity index (χ0) is 15.1. The molecule has 1 aromatic rings. The van der Waals surface area contributed by atoms with Crippen LogP contribution in [0.25, 0.3) is 0 Å². The van der Waals surface area contributed by atoms with E-state index >= 15 is 0 Å². The number of hydrogen-bond acceptors (Lipinski definition) is 4. The van der Waals surface area contributed by atoms with Crippen molar-refractivity contribution in [3.63, 3.8) is 0 Å². The summed E-state index contributed by atoms with van der Waals surface area (Å²) in [5.74, 6) is 1.29. The van der Waals surface area contributed by atoms with E-state index in [1.807, 2.05) is 25.1 Å². The van der Waals surface area contributed by atoms with Gasteiger partial charge in [0.05, 0.1) is 20.3 Å². The molecule has 1 aromatic carbocycles. The summed E-state index contributed by atoms with van der Waals surface area (Å²) in [5, 5.41) is 0. The second-order valence-corrected chi connectivity index (χ2v) is 4.78. The molecule has 0 fully saturated rings. The molecule has 5 heteroatoms. The second-order valence-electron chi connectivity index (χ2n) is 4.78. The smallest absolute Gasteiger partial charge is 0.239 e. The molecule has 2 N–H and O–H groups in total. The highest BCUT2D eigenvalue weighted by Gasteiger charge is 2.17. The van der Waals surface area contributed by atoms with E-state index in [-0.39, 0.29) is 5.91 Å². The van der Waals surface area contributed by atoms with E-state index in [2.05, 4.69) is 0 Å². The normalized spacial score (nSPS) is 11.8. The van der Waals surface area contributed by atoms with Crippen molar-refractivity contribution in [1.29, 1.82) is 0 Å². The third kappa shape index (κ3) is 4.13. The lowest BCUT2D eigenvalue weighted by Crippen LogP contribution is -2.41. The molecule has 0 saturated carbocycles. The summed E-state index contributed by atoms with van der Waals surface area (Å²) in [6.07, 6.45) is 1.60. The summed E-state index contributed by atoms with van der Waals surface area (Å²) in [5.41, 5.74) is 6.82. The number of nitrogens with zero attached hydrogens (tertiary/aromatic N) is 1. The minimum Gasteiger partial charge on any atom is -0.493 e. The third-order valence-electron chi connectivity index (χ3n) is 3.16. The van der Waals surface area contributed by atoms with Gasteiger partial charge in [0.1, 0.15) is 0 Å². The summed E-state index contributed by atoms with van der Waals surface area (Å²) in [4.78, 5) is 13.7. The molecule has 0 aliphatic rings. The van der Waals surface area contributed by atoms with Crippen LogP contribution in [0.5, 0.6) is 11.5 Å². The van der Waals surface area contributed by atoms with Gasteiger partial charge < -0.3 is 20.1 Å². The highest BCUT2D eigenvalue weighted by Crippen LogP contribution is 2.27. The first-order valence-electron chi connectivity index (χ1n) is 6.74. The van der Waals surface area contributed by atoms with Gasteiger partial charge in [-0.2, -0.15) is 0 Å². The maximum absolute atomic E-state index is 12.1. The molecule has 1 atom stereocenters. The Balaban J connectivity index is 2.75. The lowest BCUT2D eigenvalue weighted by atomic mass is 10.1. The zero-order valence-corrected chi connectivity index (χ0v) is 12.7. The molecule has 0 aliphatic heterocycles. The third-order valence-corrected chi connectivity index (χ3v) is 3.16. The molecule has 1 rings (SSSR count). The van der Waals surface area contributed by atoms with Gasteiger partial charge in [-0.25, -0.2) is 0 Å². The number of hydrogen-bond donors (Lipinski definition) is 1. The highest BCUT2D eigenvalue weighted by atomic mass is 16.5. The Bertz CT molecular complexity index is 449. The quantitative estimate of drug-likeness (QED) is 0.827. The molecule has 0 spiro atoms. The number of methoxy groups -OCH3 is 2. The van der Waals surface area contributed by atoms with Crippen molar-refractivity contribution in [2.24, 2.45) is 5.73 Å². The number of likely N-dealkylation sites (N-methyl/N-ethyl adjacent to an activating group) is 1. The van der Waals surface area contributed by atoms with Crippen molar-refractivity contribution < 1.29 is 14.3 Å². The van der Waals surface area contributed by atoms with Gasteiger partial charge in [0, 0.05) is 13.6 Å². The van der Waals surface area contributed by atoms with E-state index in [0.29, 0.717) is 24.5 Å². The van der Waals surface area contributed by atoms with Crippen LogP contribution >= 0.6 is 0 Å². The van der Waals surface area contributed by atoms with Gasteiger partial charge in [-0.1, -0.05) is 19.4 Å². The van der Waals surface area contributed by atoms with Crippen LogP contribution in [0.4, 0.5) is 0 Å². The molecular weight excluding hydrogens is 256 g/mol. The summed E-state index contributed by atoms with van der Waals surface area (Å²) in [6, 6.07) is 5.19. The van der Waals surface area contributed by atoms with Crippen molar-refractivity contribution in [2.75, 3.05) is 21.3 Å². The second kappa shape index (κ2) is 7.75. The van der Waals surface area contributed by atoms with Gasteiger partial charge in [0.25, 0.3) is 0 Å². The monoisotopic (exact) mass is 280 g/mol. The van der Waals surface area contributed by atoms with Crippen molar-refractivity contribution in [3.05, 3.63) is 23.8 Å². The van der Waals surface area contributed by atoms with E-state index in [1.54, 1.807) is 26.2 Å². The minimum absolute atomic E-state index is 0.0402. The van der Waals surface area contributed by atoms with Crippen molar-refractivity contribution >= 4 is 5.91 Å². The fraction of sp³-hybridized carbons (Fsp3) is 0.533. The molecule has 0 unspecified atom stereocenters. The number of carbonyl (C=O) groups is 1. The molecule has 20 heavy (non-hydrogen) atoms. The topological polar surface area (TPSA) is 64.8 Å². The van der Waals surface area contributed by atoms with Gasteiger partial charge in [-0.15, -0.1) is 0 Å². The lowest BCUT2D eigenvalue weighted by Gasteiger charge is -2.21. The van der Waals surface area contributed by atoms with Gasteiger partial charge in [0.15, 0.2) is 11.5 Å². The predicted octanol–water partition coefficient (Wildman–Crippen LogP) is 1.79. The lowest BCUT2D eigenvalue weighted by molar-refractivity contribution is -0.132. The Labute approximate surface area is 120 Å². The number of benzene rings is 1. The van der Waals surface area contributed by atoms with Crippen molar-refractivity contribution in [1.82, 2.24) is 4.90 Å². The zero-order valence-electron chi connectivity index (χ0n) is 12.7. The summed E-state index contributed by atoms with van der Waals surface area (Å²) < 4.78 is 10.4. The Morgan fingerprint density at radius 3 is 2.50 bits per heavy atom. The van der Waals surface area contributed by atoms with E-state index in [4.69, 9.17) is 15.2 Å². The average molecular weight is 280 g/mol. The first-order valence-corrected chi connectivity index (χ1v) is 6.74. The number of amides is 1. The van der Waals surface area contributed by atoms with Gasteiger partial charge in [-0.05, 0) is 24.1 Å². The van der Waals surface area contributed by atoms with Crippen LogP contribution in [0, 0.1) is 0 Å². The number of ether oxygens (including phenoxy) is 2. The maximum Gasteiger partial charge on any atom is 0.239 e. The van der Waals surface area contributed by atoms with Gasteiger partial charge in [-0.3, -0.25) is 4.79 Å². The standard InChI is InChI=1S/C15H24N2O3/c1-5-6-12(16)15(18)17(2)10-11-7-8-13(19-3)14(9-11)20-4/h7-9,12H,5-6,10,16H2,1-4H3/t12-/m0/s1. The van der Waals surface area contributed by atoms with Crippen molar-refractivity contribution in [2.45, 2.75) is 32.4 Å². The van der Waals surface area contributed by atoms with Crippen LogP contribution < -0.4 is 15.2 Å². The Kier molecular flexibility index (Phi) is 6.31. The molecule has 1 amide bonds. The summed E-state index contributed by atoms with van der Waals surface area (Å²) in [6.45, 7) is 2.51. The first kappa shape index (κ1) is 16.3. The number of rotatable bonds is 7. The van der Waals surface area contributed by atoms with E-state index in [9.17, 15) is 4.79 Å².